The van der Waals surface area contributed by atoms with Gasteiger partial charge in [-0.3, -0.25) is 4.79 Å². The lowest BCUT2D eigenvalue weighted by Gasteiger charge is -2.32. The number of halogens is 1. The van der Waals surface area contributed by atoms with Gasteiger partial charge in [0.2, 0.25) is 0 Å². The lowest BCUT2D eigenvalue weighted by molar-refractivity contribution is 0.0695. The number of piperidine rings is 1. The zero-order valence-corrected chi connectivity index (χ0v) is 18.9. The molecule has 0 saturated carbocycles. The molecule has 0 aliphatic carbocycles. The van der Waals surface area contributed by atoms with E-state index in [1.54, 1.807) is 17.0 Å². The van der Waals surface area contributed by atoms with Gasteiger partial charge >= 0.3 is 5.97 Å². The van der Waals surface area contributed by atoms with Crippen LogP contribution in [0.25, 0.3) is 5.65 Å². The number of aromatic carboxylic acids is 1. The van der Waals surface area contributed by atoms with Crippen LogP contribution in [0.5, 0.6) is 0 Å². The number of carboxylic acid groups (broad SMARTS) is 1. The fourth-order valence-corrected chi connectivity index (χ4v) is 4.55. The highest BCUT2D eigenvalue weighted by atomic mass is 19.1. The van der Waals surface area contributed by atoms with E-state index in [-0.39, 0.29) is 35.0 Å². The Balaban J connectivity index is 1.43. The Labute approximate surface area is 201 Å². The molecule has 1 saturated heterocycles. The fraction of sp³-hybridized carbons (Fsp3) is 0.231. The zero-order valence-electron chi connectivity index (χ0n) is 18.9. The molecule has 0 unspecified atom stereocenters. The molecule has 1 aliphatic rings. The molecule has 0 radical (unpaired) electrons. The van der Waals surface area contributed by atoms with Crippen LogP contribution in [0.2, 0.25) is 0 Å². The van der Waals surface area contributed by atoms with Gasteiger partial charge in [0.05, 0.1) is 6.20 Å². The van der Waals surface area contributed by atoms with Crippen LogP contribution in [0.15, 0.2) is 67.0 Å². The Morgan fingerprint density at radius 2 is 1.80 bits per heavy atom. The van der Waals surface area contributed by atoms with Crippen LogP contribution in [0.3, 0.4) is 0 Å². The SMILES string of the molecule is O=C(O)c1cnn2c(NCc3cccc(F)c3)c(C(=O)N3CCC(c4ccccc4)CC3)cnc12. The third kappa shape index (κ3) is 4.57. The summed E-state index contributed by atoms with van der Waals surface area (Å²) in [7, 11) is 0. The Hall–Kier alpha value is -4.27. The van der Waals surface area contributed by atoms with Gasteiger partial charge in [-0.1, -0.05) is 42.5 Å². The number of carboxylic acids is 1. The maximum atomic E-state index is 13.7. The Morgan fingerprint density at radius 3 is 2.51 bits per heavy atom. The van der Waals surface area contributed by atoms with Crippen molar-refractivity contribution in [2.24, 2.45) is 0 Å². The number of carbonyl (C=O) groups excluding carboxylic acids is 1. The topological polar surface area (TPSA) is 99.8 Å². The van der Waals surface area contributed by atoms with Crippen molar-refractivity contribution in [3.63, 3.8) is 0 Å². The van der Waals surface area contributed by atoms with Gasteiger partial charge in [0.1, 0.15) is 22.8 Å². The number of likely N-dealkylation sites (tertiary alicyclic amines) is 1. The van der Waals surface area contributed by atoms with Crippen molar-refractivity contribution >= 4 is 23.3 Å². The van der Waals surface area contributed by atoms with E-state index < -0.39 is 5.97 Å². The summed E-state index contributed by atoms with van der Waals surface area (Å²) in [6, 6.07) is 16.4. The highest BCUT2D eigenvalue weighted by molar-refractivity contribution is 6.00. The fourth-order valence-electron chi connectivity index (χ4n) is 4.55. The van der Waals surface area contributed by atoms with Crippen molar-refractivity contribution < 1.29 is 19.1 Å². The monoisotopic (exact) mass is 473 g/mol. The van der Waals surface area contributed by atoms with E-state index in [4.69, 9.17) is 0 Å². The van der Waals surface area contributed by atoms with E-state index in [2.05, 4.69) is 27.5 Å². The van der Waals surface area contributed by atoms with E-state index >= 15 is 0 Å². The molecule has 2 aromatic heterocycles. The number of fused-ring (bicyclic) bond motifs is 1. The maximum absolute atomic E-state index is 13.7. The second kappa shape index (κ2) is 9.54. The third-order valence-corrected chi connectivity index (χ3v) is 6.39. The van der Waals surface area contributed by atoms with Crippen LogP contribution < -0.4 is 5.32 Å². The second-order valence-corrected chi connectivity index (χ2v) is 8.58. The molecule has 2 aromatic carbocycles. The first kappa shape index (κ1) is 22.5. The standard InChI is InChI=1S/C26H24FN5O3/c27-20-8-4-5-17(13-20)14-28-23-21(15-29-24-22(26(34)35)16-30-32(23)24)25(33)31-11-9-19(10-12-31)18-6-2-1-3-7-18/h1-8,13,15-16,19,28H,9-12,14H2,(H,34,35). The first-order chi connectivity index (χ1) is 17.0. The number of amides is 1. The average Bonchev–Trinajstić information content (AvgIpc) is 3.32. The number of hydrogen-bond donors (Lipinski definition) is 2. The summed E-state index contributed by atoms with van der Waals surface area (Å²) in [4.78, 5) is 31.2. The lowest BCUT2D eigenvalue weighted by atomic mass is 9.89. The van der Waals surface area contributed by atoms with Crippen molar-refractivity contribution in [1.29, 1.82) is 0 Å². The molecule has 4 aromatic rings. The molecule has 3 heterocycles. The van der Waals surface area contributed by atoms with Gasteiger partial charge in [0.15, 0.2) is 5.65 Å². The quantitative estimate of drug-likeness (QED) is 0.436. The number of anilines is 1. The highest BCUT2D eigenvalue weighted by Crippen LogP contribution is 2.29. The van der Waals surface area contributed by atoms with E-state index in [0.717, 1.165) is 12.8 Å². The zero-order chi connectivity index (χ0) is 24.4. The molecule has 8 nitrogen and oxygen atoms in total. The van der Waals surface area contributed by atoms with E-state index in [0.29, 0.717) is 30.4 Å². The maximum Gasteiger partial charge on any atom is 0.341 e. The molecule has 9 heteroatoms. The predicted molar refractivity (Wildman–Crippen MR) is 128 cm³/mol. The summed E-state index contributed by atoms with van der Waals surface area (Å²) < 4.78 is 15.0. The summed E-state index contributed by atoms with van der Waals surface area (Å²) in [6.45, 7) is 1.41. The molecular formula is C26H24FN5O3. The number of aromatic nitrogens is 3. The Kier molecular flexibility index (Phi) is 6.13. The lowest BCUT2D eigenvalue weighted by Crippen LogP contribution is -2.38. The van der Waals surface area contributed by atoms with Crippen molar-refractivity contribution in [2.75, 3.05) is 18.4 Å². The number of rotatable bonds is 6. The smallest absolute Gasteiger partial charge is 0.341 e. The van der Waals surface area contributed by atoms with Crippen LogP contribution in [0, 0.1) is 5.82 Å². The van der Waals surface area contributed by atoms with E-state index in [1.165, 1.54) is 34.6 Å². The van der Waals surface area contributed by atoms with Gasteiger partial charge in [-0.15, -0.1) is 0 Å². The summed E-state index contributed by atoms with van der Waals surface area (Å²) >= 11 is 0. The Bertz CT molecular complexity index is 1380. The first-order valence-corrected chi connectivity index (χ1v) is 11.4. The molecule has 35 heavy (non-hydrogen) atoms. The number of hydrogen-bond acceptors (Lipinski definition) is 5. The number of carbonyl (C=O) groups is 2. The first-order valence-electron chi connectivity index (χ1n) is 11.4. The predicted octanol–water partition coefficient (Wildman–Crippen LogP) is 4.20. The molecule has 178 valence electrons. The van der Waals surface area contributed by atoms with Crippen molar-refractivity contribution in [3.05, 3.63) is 95.1 Å². The summed E-state index contributed by atoms with van der Waals surface area (Å²) in [5, 5.41) is 16.8. The minimum Gasteiger partial charge on any atom is -0.477 e. The summed E-state index contributed by atoms with van der Waals surface area (Å²) in [5.74, 6) is -1.02. The largest absolute Gasteiger partial charge is 0.477 e. The molecule has 1 aliphatic heterocycles. The summed E-state index contributed by atoms with van der Waals surface area (Å²) in [5.41, 5.74) is 2.28. The van der Waals surface area contributed by atoms with Gasteiger partial charge < -0.3 is 15.3 Å². The molecule has 0 spiro atoms. The van der Waals surface area contributed by atoms with Gasteiger partial charge in [-0.05, 0) is 42.0 Å². The molecule has 1 amide bonds. The van der Waals surface area contributed by atoms with E-state index in [9.17, 15) is 19.1 Å². The van der Waals surface area contributed by atoms with Crippen molar-refractivity contribution in [3.8, 4) is 0 Å². The van der Waals surface area contributed by atoms with E-state index in [1.807, 2.05) is 18.2 Å². The minimum atomic E-state index is -1.16. The average molecular weight is 474 g/mol. The van der Waals surface area contributed by atoms with Gasteiger partial charge in [-0.25, -0.2) is 14.2 Å². The van der Waals surface area contributed by atoms with Crippen LogP contribution in [0.4, 0.5) is 10.2 Å². The third-order valence-electron chi connectivity index (χ3n) is 6.39. The molecular weight excluding hydrogens is 449 g/mol. The van der Waals surface area contributed by atoms with Crippen molar-refractivity contribution in [1.82, 2.24) is 19.5 Å². The van der Waals surface area contributed by atoms with Crippen LogP contribution >= 0.6 is 0 Å². The van der Waals surface area contributed by atoms with Crippen LogP contribution in [0.1, 0.15) is 50.6 Å². The van der Waals surface area contributed by atoms with Crippen LogP contribution in [-0.2, 0) is 6.54 Å². The molecule has 0 bridgehead atoms. The van der Waals surface area contributed by atoms with Crippen LogP contribution in [-0.4, -0.2) is 49.6 Å². The summed E-state index contributed by atoms with van der Waals surface area (Å²) in [6.07, 6.45) is 4.30. The van der Waals surface area contributed by atoms with Crippen molar-refractivity contribution in [2.45, 2.75) is 25.3 Å². The van der Waals surface area contributed by atoms with Gasteiger partial charge in [-0.2, -0.15) is 9.61 Å². The molecule has 2 N–H and O–H groups in total. The highest BCUT2D eigenvalue weighted by Gasteiger charge is 2.28. The number of nitrogens with zero attached hydrogens (tertiary/aromatic N) is 4. The van der Waals surface area contributed by atoms with Gasteiger partial charge in [0.25, 0.3) is 5.91 Å². The normalized spacial score (nSPS) is 14.3. The number of benzene rings is 2. The molecule has 1 fully saturated rings. The Morgan fingerprint density at radius 1 is 1.03 bits per heavy atom. The minimum absolute atomic E-state index is 0.0681. The molecule has 0 atom stereocenters. The number of nitrogens with one attached hydrogen (secondary N) is 1. The molecule has 5 rings (SSSR count). The second-order valence-electron chi connectivity index (χ2n) is 8.58. The van der Waals surface area contributed by atoms with Gasteiger partial charge in [0, 0.05) is 25.8 Å².